The Morgan fingerprint density at radius 3 is 2.45 bits per heavy atom. The molecule has 0 fully saturated rings. The molecule has 0 unspecified atom stereocenters. The molecule has 0 aliphatic rings. The molecule has 2 rings (SSSR count). The second-order valence-corrected chi connectivity index (χ2v) is 4.76. The molecule has 0 saturated carbocycles. The lowest BCUT2D eigenvalue weighted by Crippen LogP contribution is -2.12. The van der Waals surface area contributed by atoms with Crippen molar-refractivity contribution in [2.75, 3.05) is 12.4 Å². The van der Waals surface area contributed by atoms with Crippen LogP contribution in [0.5, 0.6) is 0 Å². The number of rotatable bonds is 3. The Kier molecular flexibility index (Phi) is 4.12. The van der Waals surface area contributed by atoms with Crippen molar-refractivity contribution in [3.05, 3.63) is 42.0 Å². The molecular formula is C12H9F4N3S. The Hall–Kier alpha value is -1.83. The van der Waals surface area contributed by atoms with E-state index in [4.69, 9.17) is 0 Å². The molecule has 106 valence electrons. The Morgan fingerprint density at radius 1 is 1.15 bits per heavy atom. The summed E-state index contributed by atoms with van der Waals surface area (Å²) in [5.41, 5.74) is 0. The highest BCUT2D eigenvalue weighted by molar-refractivity contribution is 7.99. The van der Waals surface area contributed by atoms with Crippen LogP contribution in [-0.2, 0) is 6.18 Å². The van der Waals surface area contributed by atoms with Gasteiger partial charge in [0, 0.05) is 18.0 Å². The largest absolute Gasteiger partial charge is 0.451 e. The number of aromatic nitrogens is 2. The summed E-state index contributed by atoms with van der Waals surface area (Å²) >= 11 is 0.808. The van der Waals surface area contributed by atoms with E-state index in [2.05, 4.69) is 15.3 Å². The molecule has 0 aliphatic carbocycles. The van der Waals surface area contributed by atoms with Crippen molar-refractivity contribution in [2.24, 2.45) is 0 Å². The lowest BCUT2D eigenvalue weighted by atomic mass is 10.3. The lowest BCUT2D eigenvalue weighted by Gasteiger charge is -2.09. The predicted molar refractivity (Wildman–Crippen MR) is 67.1 cm³/mol. The van der Waals surface area contributed by atoms with Gasteiger partial charge in [-0.15, -0.1) is 0 Å². The van der Waals surface area contributed by atoms with Gasteiger partial charge in [0.25, 0.3) is 0 Å². The first-order chi connectivity index (χ1) is 9.40. The van der Waals surface area contributed by atoms with Gasteiger partial charge in [0.15, 0.2) is 0 Å². The Morgan fingerprint density at radius 2 is 1.85 bits per heavy atom. The predicted octanol–water partition coefficient (Wildman–Crippen LogP) is 3.83. The van der Waals surface area contributed by atoms with Gasteiger partial charge in [0.2, 0.25) is 5.82 Å². The van der Waals surface area contributed by atoms with Gasteiger partial charge in [0.05, 0.1) is 0 Å². The van der Waals surface area contributed by atoms with Crippen LogP contribution in [0.1, 0.15) is 5.82 Å². The fourth-order valence-corrected chi connectivity index (χ4v) is 2.21. The van der Waals surface area contributed by atoms with E-state index in [-0.39, 0.29) is 15.7 Å². The fraction of sp³-hybridized carbons (Fsp3) is 0.167. The molecule has 0 bridgehead atoms. The monoisotopic (exact) mass is 303 g/mol. The van der Waals surface area contributed by atoms with Crippen LogP contribution in [0.4, 0.5) is 23.4 Å². The van der Waals surface area contributed by atoms with Crippen LogP contribution >= 0.6 is 11.8 Å². The molecule has 2 aromatic rings. The standard InChI is InChI=1S/C12H9F4N3S/c1-17-9-6-10(19-11(18-9)12(14,15)16)20-8-5-3-2-4-7(8)13/h2-6H,1H3,(H,17,18,19). The number of nitrogens with one attached hydrogen (secondary N) is 1. The third kappa shape index (κ3) is 3.38. The number of halogens is 4. The second kappa shape index (κ2) is 5.66. The van der Waals surface area contributed by atoms with E-state index in [1.165, 1.54) is 31.3 Å². The molecule has 0 amide bonds. The summed E-state index contributed by atoms with van der Waals surface area (Å²) in [5, 5.41) is 2.54. The van der Waals surface area contributed by atoms with Crippen LogP contribution in [0, 0.1) is 5.82 Å². The number of benzene rings is 1. The maximum atomic E-state index is 13.5. The van der Waals surface area contributed by atoms with E-state index in [0.29, 0.717) is 0 Å². The molecular weight excluding hydrogens is 294 g/mol. The van der Waals surface area contributed by atoms with Crippen molar-refractivity contribution in [3.63, 3.8) is 0 Å². The fourth-order valence-electron chi connectivity index (χ4n) is 1.37. The van der Waals surface area contributed by atoms with Gasteiger partial charge in [-0.3, -0.25) is 0 Å². The van der Waals surface area contributed by atoms with Crippen LogP contribution in [0.3, 0.4) is 0 Å². The third-order valence-electron chi connectivity index (χ3n) is 2.26. The van der Waals surface area contributed by atoms with Crippen molar-refractivity contribution in [2.45, 2.75) is 16.1 Å². The molecule has 0 saturated heterocycles. The quantitative estimate of drug-likeness (QED) is 0.691. The zero-order valence-electron chi connectivity index (χ0n) is 10.2. The highest BCUT2D eigenvalue weighted by atomic mass is 32.2. The average Bonchev–Trinajstić information content (AvgIpc) is 2.40. The summed E-state index contributed by atoms with van der Waals surface area (Å²) in [6, 6.07) is 7.11. The zero-order valence-corrected chi connectivity index (χ0v) is 11.0. The summed E-state index contributed by atoms with van der Waals surface area (Å²) < 4.78 is 51.5. The topological polar surface area (TPSA) is 37.8 Å². The maximum absolute atomic E-state index is 13.5. The van der Waals surface area contributed by atoms with Gasteiger partial charge in [0.1, 0.15) is 16.7 Å². The third-order valence-corrected chi connectivity index (χ3v) is 3.23. The Bertz CT molecular complexity index is 616. The highest BCUT2D eigenvalue weighted by Crippen LogP contribution is 2.33. The molecule has 8 heteroatoms. The number of anilines is 1. The maximum Gasteiger partial charge on any atom is 0.451 e. The number of hydrogen-bond acceptors (Lipinski definition) is 4. The summed E-state index contributed by atoms with van der Waals surface area (Å²) in [4.78, 5) is 6.94. The van der Waals surface area contributed by atoms with Crippen LogP contribution < -0.4 is 5.32 Å². The molecule has 3 nitrogen and oxygen atoms in total. The molecule has 1 aromatic carbocycles. The first-order valence-corrected chi connectivity index (χ1v) is 6.28. The molecule has 20 heavy (non-hydrogen) atoms. The first-order valence-electron chi connectivity index (χ1n) is 5.46. The van der Waals surface area contributed by atoms with Crippen molar-refractivity contribution in [1.82, 2.24) is 9.97 Å². The number of hydrogen-bond donors (Lipinski definition) is 1. The minimum atomic E-state index is -4.66. The van der Waals surface area contributed by atoms with E-state index in [0.717, 1.165) is 11.8 Å². The summed E-state index contributed by atoms with van der Waals surface area (Å²) in [6.07, 6.45) is -4.66. The van der Waals surface area contributed by atoms with Gasteiger partial charge in [-0.1, -0.05) is 23.9 Å². The van der Waals surface area contributed by atoms with Gasteiger partial charge >= 0.3 is 6.18 Å². The molecule has 1 aromatic heterocycles. The molecule has 0 atom stereocenters. The highest BCUT2D eigenvalue weighted by Gasteiger charge is 2.35. The van der Waals surface area contributed by atoms with Gasteiger partial charge < -0.3 is 5.32 Å². The minimum Gasteiger partial charge on any atom is -0.373 e. The Labute approximate surface area is 116 Å². The van der Waals surface area contributed by atoms with E-state index in [9.17, 15) is 17.6 Å². The molecule has 1 heterocycles. The van der Waals surface area contributed by atoms with Gasteiger partial charge in [-0.05, 0) is 12.1 Å². The van der Waals surface area contributed by atoms with Crippen LogP contribution in [0.15, 0.2) is 40.3 Å². The smallest absolute Gasteiger partial charge is 0.373 e. The molecule has 1 N–H and O–H groups in total. The van der Waals surface area contributed by atoms with Crippen molar-refractivity contribution in [3.8, 4) is 0 Å². The molecule has 0 spiro atoms. The minimum absolute atomic E-state index is 0.0155. The van der Waals surface area contributed by atoms with E-state index in [1.54, 1.807) is 6.07 Å². The average molecular weight is 303 g/mol. The van der Waals surface area contributed by atoms with E-state index in [1.807, 2.05) is 0 Å². The van der Waals surface area contributed by atoms with Crippen LogP contribution in [0.25, 0.3) is 0 Å². The van der Waals surface area contributed by atoms with Crippen LogP contribution in [-0.4, -0.2) is 17.0 Å². The first kappa shape index (κ1) is 14.6. The summed E-state index contributed by atoms with van der Waals surface area (Å²) in [7, 11) is 1.44. The molecule has 0 aliphatic heterocycles. The van der Waals surface area contributed by atoms with Crippen molar-refractivity contribution < 1.29 is 17.6 Å². The van der Waals surface area contributed by atoms with Crippen molar-refractivity contribution in [1.29, 1.82) is 0 Å². The normalized spacial score (nSPS) is 11.4. The van der Waals surface area contributed by atoms with Crippen LogP contribution in [0.2, 0.25) is 0 Å². The SMILES string of the molecule is CNc1cc(Sc2ccccc2F)nc(C(F)(F)F)n1. The second-order valence-electron chi connectivity index (χ2n) is 3.70. The molecule has 0 radical (unpaired) electrons. The van der Waals surface area contributed by atoms with E-state index >= 15 is 0 Å². The van der Waals surface area contributed by atoms with Gasteiger partial charge in [-0.25, -0.2) is 14.4 Å². The summed E-state index contributed by atoms with van der Waals surface area (Å²) in [6.45, 7) is 0. The zero-order chi connectivity index (χ0) is 14.8. The van der Waals surface area contributed by atoms with Gasteiger partial charge in [-0.2, -0.15) is 13.2 Å². The number of alkyl halides is 3. The number of nitrogens with zero attached hydrogens (tertiary/aromatic N) is 2. The van der Waals surface area contributed by atoms with E-state index < -0.39 is 17.8 Å². The van der Waals surface area contributed by atoms with Crippen molar-refractivity contribution >= 4 is 17.6 Å². The Balaban J connectivity index is 2.39. The summed E-state index contributed by atoms with van der Waals surface area (Å²) in [5.74, 6) is -1.76. The lowest BCUT2D eigenvalue weighted by molar-refractivity contribution is -0.145.